The minimum atomic E-state index is -4.56. The van der Waals surface area contributed by atoms with Gasteiger partial charge in [0.15, 0.2) is 5.60 Å². The quantitative estimate of drug-likeness (QED) is 0.488. The predicted octanol–water partition coefficient (Wildman–Crippen LogP) is 2.81. The molecule has 164 valence electrons. The summed E-state index contributed by atoms with van der Waals surface area (Å²) in [4.78, 5) is 23.5. The number of alkyl halides is 3. The van der Waals surface area contributed by atoms with E-state index in [1.54, 1.807) is 24.3 Å². The number of hydrogen-bond acceptors (Lipinski definition) is 5. The molecule has 1 aliphatic rings. The van der Waals surface area contributed by atoms with Crippen LogP contribution < -0.4 is 10.6 Å². The number of hydrazine groups is 1. The van der Waals surface area contributed by atoms with Crippen LogP contribution in [-0.4, -0.2) is 40.3 Å². The Bertz CT molecular complexity index is 1020. The Morgan fingerprint density at radius 1 is 1.10 bits per heavy atom. The van der Waals surface area contributed by atoms with E-state index in [0.29, 0.717) is 30.2 Å². The maximum atomic E-state index is 12.9. The van der Waals surface area contributed by atoms with Crippen molar-refractivity contribution in [2.24, 2.45) is 5.84 Å². The van der Waals surface area contributed by atoms with Crippen molar-refractivity contribution in [3.8, 4) is 5.75 Å². The molecule has 1 unspecified atom stereocenters. The number of ether oxygens (including phenoxy) is 1. The van der Waals surface area contributed by atoms with Gasteiger partial charge in [0, 0.05) is 18.2 Å². The fourth-order valence-electron chi connectivity index (χ4n) is 3.61. The zero-order valence-corrected chi connectivity index (χ0v) is 16.1. The summed E-state index contributed by atoms with van der Waals surface area (Å²) in [5.74, 6) is 2.89. The van der Waals surface area contributed by atoms with E-state index < -0.39 is 34.9 Å². The van der Waals surface area contributed by atoms with E-state index in [0.717, 1.165) is 24.3 Å². The van der Waals surface area contributed by atoms with Crippen molar-refractivity contribution < 1.29 is 37.7 Å². The number of hydrogen-bond donors (Lipinski definition) is 3. The molecule has 0 amide bonds. The van der Waals surface area contributed by atoms with Gasteiger partial charge in [-0.3, -0.25) is 5.84 Å². The lowest BCUT2D eigenvalue weighted by atomic mass is 9.82. The first-order valence-electron chi connectivity index (χ1n) is 9.15. The molecule has 0 aromatic heterocycles. The highest BCUT2D eigenvalue weighted by atomic mass is 19.4. The fraction of sp³-hybridized carbons (Fsp3) is 0.238. The minimum absolute atomic E-state index is 0.0735. The molecule has 31 heavy (non-hydrogen) atoms. The summed E-state index contributed by atoms with van der Waals surface area (Å²) in [5.41, 5.74) is -2.34. The summed E-state index contributed by atoms with van der Waals surface area (Å²) in [5, 5.41) is 20.4. The van der Waals surface area contributed by atoms with E-state index in [4.69, 9.17) is 10.6 Å². The second-order valence-corrected chi connectivity index (χ2v) is 7.03. The van der Waals surface area contributed by atoms with Gasteiger partial charge in [0.1, 0.15) is 5.75 Å². The van der Waals surface area contributed by atoms with Crippen LogP contribution in [0.25, 0.3) is 0 Å². The molecule has 2 aromatic carbocycles. The van der Waals surface area contributed by atoms with Crippen LogP contribution in [0.15, 0.2) is 60.2 Å². The smallest absolute Gasteiger partial charge is 0.416 e. The van der Waals surface area contributed by atoms with Gasteiger partial charge in [0.2, 0.25) is 0 Å². The topological polar surface area (TPSA) is 113 Å². The Kier molecular flexibility index (Phi) is 6.05. The molecule has 0 fully saturated rings. The summed E-state index contributed by atoms with van der Waals surface area (Å²) >= 11 is 0. The van der Waals surface area contributed by atoms with Crippen molar-refractivity contribution in [3.05, 3.63) is 76.9 Å². The molecular formula is C21H19F3N2O5. The summed E-state index contributed by atoms with van der Waals surface area (Å²) < 4.78 is 44.8. The van der Waals surface area contributed by atoms with Crippen LogP contribution in [0.3, 0.4) is 0 Å². The Morgan fingerprint density at radius 2 is 1.74 bits per heavy atom. The number of nitrogens with zero attached hydrogens (tertiary/aromatic N) is 1. The van der Waals surface area contributed by atoms with E-state index >= 15 is 0 Å². The molecule has 0 spiro atoms. The number of carboxylic acids is 2. The second-order valence-electron chi connectivity index (χ2n) is 7.03. The lowest BCUT2D eigenvalue weighted by molar-refractivity contribution is -0.137. The molecular weight excluding hydrogens is 417 g/mol. The van der Waals surface area contributed by atoms with Gasteiger partial charge in [-0.25, -0.2) is 14.6 Å². The molecule has 7 nitrogen and oxygen atoms in total. The first kappa shape index (κ1) is 22.3. The van der Waals surface area contributed by atoms with Crippen molar-refractivity contribution in [3.63, 3.8) is 0 Å². The van der Waals surface area contributed by atoms with Crippen molar-refractivity contribution in [1.82, 2.24) is 5.01 Å². The lowest BCUT2D eigenvalue weighted by Gasteiger charge is -2.37. The van der Waals surface area contributed by atoms with Crippen molar-refractivity contribution in [2.75, 3.05) is 13.1 Å². The van der Waals surface area contributed by atoms with Gasteiger partial charge in [-0.05, 0) is 36.2 Å². The third-order valence-electron chi connectivity index (χ3n) is 4.95. The largest absolute Gasteiger partial charge is 0.478 e. The zero-order valence-electron chi connectivity index (χ0n) is 16.1. The number of rotatable bonds is 5. The first-order chi connectivity index (χ1) is 14.5. The van der Waals surface area contributed by atoms with Crippen molar-refractivity contribution in [1.29, 1.82) is 0 Å². The molecule has 4 N–H and O–H groups in total. The average Bonchev–Trinajstić information content (AvgIpc) is 2.83. The molecule has 0 bridgehead atoms. The highest BCUT2D eigenvalue weighted by molar-refractivity contribution is 5.97. The van der Waals surface area contributed by atoms with E-state index in [1.165, 1.54) is 5.01 Å². The summed E-state index contributed by atoms with van der Waals surface area (Å²) in [7, 11) is 0. The van der Waals surface area contributed by atoms with Crippen molar-refractivity contribution >= 4 is 11.9 Å². The van der Waals surface area contributed by atoms with Gasteiger partial charge in [0.25, 0.3) is 0 Å². The Hall–Kier alpha value is -3.37. The predicted molar refractivity (Wildman–Crippen MR) is 103 cm³/mol. The SMILES string of the molecule is NN1CCc2ccccc2C(Oc2ccc(C(F)(F)F)cc2)(/C(=C/C(=O)O)C(=O)O)C1. The fourth-order valence-corrected chi connectivity index (χ4v) is 3.61. The standard InChI is InChI=1S/C21H19F3N2O5/c22-21(23,24)14-5-7-15(8-6-14)31-20(17(19(29)30)11-18(27)28)12-26(25)10-9-13-3-1-2-4-16(13)20/h1-8,11H,9-10,12,25H2,(H,27,28)(H,29,30)/b17-11+. The first-order valence-corrected chi connectivity index (χ1v) is 9.15. The van der Waals surface area contributed by atoms with Crippen LogP contribution >= 0.6 is 0 Å². The molecule has 1 aliphatic heterocycles. The van der Waals surface area contributed by atoms with E-state index in [1.807, 2.05) is 0 Å². The lowest BCUT2D eigenvalue weighted by Crippen LogP contribution is -2.50. The number of carboxylic acid groups (broad SMARTS) is 2. The van der Waals surface area contributed by atoms with Crippen LogP contribution in [0.2, 0.25) is 0 Å². The molecule has 0 aliphatic carbocycles. The summed E-state index contributed by atoms with van der Waals surface area (Å²) in [6.07, 6.45) is -3.61. The molecule has 1 heterocycles. The second kappa shape index (κ2) is 8.40. The minimum Gasteiger partial charge on any atom is -0.478 e. The van der Waals surface area contributed by atoms with E-state index in [9.17, 15) is 33.0 Å². The van der Waals surface area contributed by atoms with Crippen molar-refractivity contribution in [2.45, 2.75) is 18.2 Å². The Labute approximate surface area is 175 Å². The van der Waals surface area contributed by atoms with Crippen LogP contribution in [0, 0.1) is 0 Å². The van der Waals surface area contributed by atoms with Crippen LogP contribution in [0.1, 0.15) is 16.7 Å². The number of nitrogens with two attached hydrogens (primary N) is 1. The van der Waals surface area contributed by atoms with Gasteiger partial charge >= 0.3 is 18.1 Å². The molecule has 1 atom stereocenters. The molecule has 0 saturated carbocycles. The van der Waals surface area contributed by atoms with Gasteiger partial charge in [0.05, 0.1) is 17.7 Å². The molecule has 2 aromatic rings. The maximum absolute atomic E-state index is 12.9. The van der Waals surface area contributed by atoms with Crippen LogP contribution in [-0.2, 0) is 27.8 Å². The number of halogens is 3. The third kappa shape index (κ3) is 4.70. The Balaban J connectivity index is 2.22. The molecule has 0 radical (unpaired) electrons. The highest BCUT2D eigenvalue weighted by Gasteiger charge is 2.47. The number of carbonyl (C=O) groups is 2. The normalized spacial score (nSPS) is 19.9. The third-order valence-corrected chi connectivity index (χ3v) is 4.95. The van der Waals surface area contributed by atoms with Gasteiger partial charge in [-0.1, -0.05) is 24.3 Å². The molecule has 0 saturated heterocycles. The Morgan fingerprint density at radius 3 is 2.32 bits per heavy atom. The molecule has 10 heteroatoms. The number of benzene rings is 2. The van der Waals surface area contributed by atoms with Gasteiger partial charge < -0.3 is 14.9 Å². The number of fused-ring (bicyclic) bond motifs is 1. The molecule has 3 rings (SSSR count). The summed E-state index contributed by atoms with van der Waals surface area (Å²) in [6, 6.07) is 10.4. The number of aliphatic carboxylic acids is 2. The van der Waals surface area contributed by atoms with E-state index in [2.05, 4.69) is 0 Å². The maximum Gasteiger partial charge on any atom is 0.416 e. The average molecular weight is 436 g/mol. The highest BCUT2D eigenvalue weighted by Crippen LogP contribution is 2.40. The van der Waals surface area contributed by atoms with E-state index in [-0.39, 0.29) is 12.3 Å². The van der Waals surface area contributed by atoms with Gasteiger partial charge in [-0.15, -0.1) is 0 Å². The van der Waals surface area contributed by atoms with Crippen LogP contribution in [0.4, 0.5) is 13.2 Å². The summed E-state index contributed by atoms with van der Waals surface area (Å²) in [6.45, 7) is 0.0888. The monoisotopic (exact) mass is 436 g/mol. The van der Waals surface area contributed by atoms with Gasteiger partial charge in [-0.2, -0.15) is 13.2 Å². The zero-order chi connectivity index (χ0) is 22.8. The van der Waals surface area contributed by atoms with Crippen LogP contribution in [0.5, 0.6) is 5.75 Å².